The van der Waals surface area contributed by atoms with Crippen LogP contribution in [0.2, 0.25) is 0 Å². The van der Waals surface area contributed by atoms with Crippen molar-refractivity contribution in [2.45, 2.75) is 0 Å². The van der Waals surface area contributed by atoms with Gasteiger partial charge in [-0.1, -0.05) is 413 Å². The van der Waals surface area contributed by atoms with E-state index in [9.17, 15) is 0 Å². The van der Waals surface area contributed by atoms with Gasteiger partial charge < -0.3 is 0 Å². The molecule has 136 heavy (non-hydrogen) atoms. The van der Waals surface area contributed by atoms with E-state index in [2.05, 4.69) is 485 Å². The van der Waals surface area contributed by atoms with Crippen molar-refractivity contribution in [3.63, 3.8) is 0 Å². The first kappa shape index (κ1) is 80.1. The molecule has 0 saturated carbocycles. The third-order valence-corrected chi connectivity index (χ3v) is 27.4. The molecule has 0 amide bonds. The van der Waals surface area contributed by atoms with Crippen LogP contribution in [0.1, 0.15) is 0 Å². The van der Waals surface area contributed by atoms with Crippen molar-refractivity contribution < 1.29 is 0 Å². The lowest BCUT2D eigenvalue weighted by Crippen LogP contribution is -1.93. The van der Waals surface area contributed by atoms with Crippen LogP contribution in [0.15, 0.2) is 510 Å². The highest BCUT2D eigenvalue weighted by molar-refractivity contribution is 6.25. The topological polar surface area (TPSA) is 51.6 Å². The lowest BCUT2D eigenvalue weighted by molar-refractivity contribution is 1.25. The minimum atomic E-state index is 0.855. The Morgan fingerprint density at radius 2 is 0.449 bits per heavy atom. The van der Waals surface area contributed by atoms with Crippen molar-refractivity contribution in [1.29, 1.82) is 0 Å². The van der Waals surface area contributed by atoms with Gasteiger partial charge in [-0.3, -0.25) is 15.0 Å². The largest absolute Gasteiger partial charge is 0.256 e. The van der Waals surface area contributed by atoms with Crippen molar-refractivity contribution in [2.75, 3.05) is 0 Å². The number of pyridine rings is 4. The van der Waals surface area contributed by atoms with Gasteiger partial charge in [-0.05, 0) is 281 Å². The summed E-state index contributed by atoms with van der Waals surface area (Å²) >= 11 is 0. The maximum Gasteiger partial charge on any atom is 0.0899 e. The molecule has 4 heterocycles. The fourth-order valence-electron chi connectivity index (χ4n) is 20.7. The molecule has 27 aromatic rings. The molecule has 0 aliphatic carbocycles. The summed E-state index contributed by atoms with van der Waals surface area (Å²) in [5.41, 5.74) is 26.0. The van der Waals surface area contributed by atoms with Gasteiger partial charge in [0.25, 0.3) is 0 Å². The molecule has 0 fully saturated rings. The Hall–Kier alpha value is -18.0. The Bertz CT molecular complexity index is 9440. The van der Waals surface area contributed by atoms with E-state index >= 15 is 0 Å². The predicted octanol–water partition coefficient (Wildman–Crippen LogP) is 36.0. The maximum absolute atomic E-state index is 5.10. The summed E-state index contributed by atoms with van der Waals surface area (Å²) in [6, 6.07) is 177. The van der Waals surface area contributed by atoms with Crippen molar-refractivity contribution in [3.8, 4) is 123 Å². The summed E-state index contributed by atoms with van der Waals surface area (Å²) in [7, 11) is 0. The van der Waals surface area contributed by atoms with E-state index in [-0.39, 0.29) is 0 Å². The first-order valence-electron chi connectivity index (χ1n) is 46.6. The zero-order valence-electron chi connectivity index (χ0n) is 74.3. The third-order valence-electron chi connectivity index (χ3n) is 27.4. The normalized spacial score (nSPS) is 11.5. The Morgan fingerprint density at radius 3 is 0.934 bits per heavy atom. The Balaban J connectivity index is 0.000000110. The second kappa shape index (κ2) is 34.4. The van der Waals surface area contributed by atoms with E-state index in [1.807, 2.05) is 24.7 Å². The number of aromatic nitrogens is 4. The standard InChI is InChI=1S/C49H31N.C47H29N.C36H24N2/c1-3-13-35-28-39(22-20-32(35)10-1)48-43-17-7-8-18-44(43)49(40-23-21-33-11-2-4-14-36(33)29-40)46-30-38(24-25-45(46)48)47-31-37(26-27-50-47)42-19-9-15-34-12-5-6-16-41(34)42;1-3-12-33-25-36(20-17-30(33)9-1)45-41-15-7-8-16-42(41)46(37-21-18-31-10-2-4-13-34(31)26-37)44-28-35(23-24-43(44)45)39-27-38-22-19-32-11-5-6-14-40(32)47(38)48-29-39;1-2-9-25(10-3-1)31-22-35(29-18-17-26-11-4-5-13-28(26)21-29)38-36(23-31)34-20-19-30(24-37-34)33-16-8-14-27-12-6-7-15-32(27)33/h1-31H;1-29H;1-24H. The van der Waals surface area contributed by atoms with Gasteiger partial charge in [0, 0.05) is 51.6 Å². The zero-order valence-corrected chi connectivity index (χ0v) is 74.3. The molecular weight excluding hydrogens is 1640 g/mol. The van der Waals surface area contributed by atoms with Gasteiger partial charge in [-0.25, -0.2) is 4.98 Å². The van der Waals surface area contributed by atoms with Crippen molar-refractivity contribution in [1.82, 2.24) is 19.9 Å². The molecular formula is C132H84N4. The molecule has 0 bridgehead atoms. The van der Waals surface area contributed by atoms with E-state index in [0.29, 0.717) is 0 Å². The van der Waals surface area contributed by atoms with Gasteiger partial charge in [-0.15, -0.1) is 0 Å². The first-order chi connectivity index (χ1) is 67.4. The van der Waals surface area contributed by atoms with Crippen LogP contribution >= 0.6 is 0 Å². The van der Waals surface area contributed by atoms with E-state index in [0.717, 1.165) is 78.2 Å². The zero-order chi connectivity index (χ0) is 89.9. The molecule has 0 saturated heterocycles. The van der Waals surface area contributed by atoms with Crippen LogP contribution in [-0.2, 0) is 0 Å². The van der Waals surface area contributed by atoms with E-state index in [4.69, 9.17) is 19.9 Å². The second-order valence-corrected chi connectivity index (χ2v) is 35.4. The van der Waals surface area contributed by atoms with Crippen LogP contribution in [0.3, 0.4) is 0 Å². The molecule has 0 N–H and O–H groups in total. The second-order valence-electron chi connectivity index (χ2n) is 35.4. The summed E-state index contributed by atoms with van der Waals surface area (Å²) in [6.07, 6.45) is 5.95. The molecule has 0 aliphatic rings. The quantitative estimate of drug-likeness (QED) is 0.0957. The average Bonchev–Trinajstić information content (AvgIpc) is 0.727. The average molecular weight is 1730 g/mol. The summed E-state index contributed by atoms with van der Waals surface area (Å²) in [6.45, 7) is 0. The summed E-state index contributed by atoms with van der Waals surface area (Å²) in [5, 5.41) is 30.8. The van der Waals surface area contributed by atoms with Gasteiger partial charge in [-0.2, -0.15) is 0 Å². The number of rotatable bonds is 11. The molecule has 23 aromatic carbocycles. The van der Waals surface area contributed by atoms with Gasteiger partial charge in [0.2, 0.25) is 0 Å². The molecule has 632 valence electrons. The van der Waals surface area contributed by atoms with Crippen LogP contribution in [0.5, 0.6) is 0 Å². The number of benzene rings is 23. The molecule has 4 heteroatoms. The predicted molar refractivity (Wildman–Crippen MR) is 578 cm³/mol. The molecule has 4 nitrogen and oxygen atoms in total. The number of nitrogens with zero attached hydrogens (tertiary/aromatic N) is 4. The van der Waals surface area contributed by atoms with Crippen LogP contribution in [0.25, 0.3) is 263 Å². The highest BCUT2D eigenvalue weighted by Gasteiger charge is 2.23. The van der Waals surface area contributed by atoms with Crippen LogP contribution < -0.4 is 0 Å². The Kier molecular flexibility index (Phi) is 20.3. The van der Waals surface area contributed by atoms with E-state index < -0.39 is 0 Å². The van der Waals surface area contributed by atoms with Gasteiger partial charge in [0.1, 0.15) is 0 Å². The minimum Gasteiger partial charge on any atom is -0.256 e. The minimum absolute atomic E-state index is 0.855. The molecule has 0 atom stereocenters. The van der Waals surface area contributed by atoms with E-state index in [1.165, 1.54) is 185 Å². The summed E-state index contributed by atoms with van der Waals surface area (Å²) in [4.78, 5) is 20.0. The smallest absolute Gasteiger partial charge is 0.0899 e. The van der Waals surface area contributed by atoms with E-state index in [1.54, 1.807) is 0 Å². The molecule has 4 aromatic heterocycles. The first-order valence-corrected chi connectivity index (χ1v) is 46.6. The Labute approximate surface area is 787 Å². The molecule has 27 rings (SSSR count). The monoisotopic (exact) mass is 1720 g/mol. The molecule has 0 spiro atoms. The van der Waals surface area contributed by atoms with Crippen molar-refractivity contribution >= 4 is 140 Å². The highest BCUT2D eigenvalue weighted by Crippen LogP contribution is 2.50. The number of fused-ring (bicyclic) bond motifs is 14. The molecule has 0 radical (unpaired) electrons. The number of hydrogen-bond acceptors (Lipinski definition) is 4. The summed E-state index contributed by atoms with van der Waals surface area (Å²) < 4.78 is 0. The summed E-state index contributed by atoms with van der Waals surface area (Å²) in [5.74, 6) is 0. The van der Waals surface area contributed by atoms with Crippen LogP contribution in [0.4, 0.5) is 0 Å². The van der Waals surface area contributed by atoms with Crippen molar-refractivity contribution in [2.24, 2.45) is 0 Å². The lowest BCUT2D eigenvalue weighted by Gasteiger charge is -2.19. The van der Waals surface area contributed by atoms with Crippen LogP contribution in [0, 0.1) is 0 Å². The SMILES string of the molecule is c1ccc(-c2cc(-c3ccc4ccccc4c3)nc(-c3ccc(-c4cccc5ccccc45)cn3)c2)cc1.c1ccc2cc(-c3c4ccccc4c(-c4ccc5ccccc5c4)c4cc(-c5cc(-c6cccc7ccccc67)ccn5)ccc34)ccc2c1.c1ccc2cc(-c3c4ccccc4c(-c4ccc5ccccc5c4)c4cc(-c5cnc6c(ccc7ccccc76)c5)ccc34)ccc2c1. The van der Waals surface area contributed by atoms with Crippen LogP contribution in [-0.4, -0.2) is 19.9 Å². The Morgan fingerprint density at radius 1 is 0.125 bits per heavy atom. The fraction of sp³-hybridized carbons (Fsp3) is 0. The van der Waals surface area contributed by atoms with Gasteiger partial charge in [0.05, 0.1) is 28.3 Å². The van der Waals surface area contributed by atoms with Gasteiger partial charge >= 0.3 is 0 Å². The highest BCUT2D eigenvalue weighted by atomic mass is 14.8. The maximum atomic E-state index is 5.10. The van der Waals surface area contributed by atoms with Gasteiger partial charge in [0.15, 0.2) is 0 Å². The number of hydrogen-bond donors (Lipinski definition) is 0. The van der Waals surface area contributed by atoms with Crippen molar-refractivity contribution in [3.05, 3.63) is 510 Å². The molecule has 0 unspecified atom stereocenters. The molecule has 0 aliphatic heterocycles. The third kappa shape index (κ3) is 14.9. The lowest BCUT2D eigenvalue weighted by atomic mass is 9.84. The fourth-order valence-corrected chi connectivity index (χ4v) is 20.7.